The molecule has 0 aliphatic carbocycles. The van der Waals surface area contributed by atoms with Gasteiger partial charge in [-0.1, -0.05) is 33.6 Å². The Balaban J connectivity index is 2.65. The summed E-state index contributed by atoms with van der Waals surface area (Å²) in [4.78, 5) is 16.7. The Bertz CT molecular complexity index is 271. The molecule has 0 unspecified atom stereocenters. The highest BCUT2D eigenvalue weighted by atomic mass is 16.2. The minimum Gasteiger partial charge on any atom is -0.330 e. The second-order valence-corrected chi connectivity index (χ2v) is 6.47. The molecule has 1 saturated heterocycles. The van der Waals surface area contributed by atoms with E-state index in [1.807, 2.05) is 9.80 Å². The second kappa shape index (κ2) is 7.73. The van der Waals surface area contributed by atoms with Crippen molar-refractivity contribution < 1.29 is 4.79 Å². The van der Waals surface area contributed by atoms with Gasteiger partial charge in [0.05, 0.1) is 0 Å². The van der Waals surface area contributed by atoms with Crippen molar-refractivity contribution in [3.63, 3.8) is 0 Å². The average molecular weight is 269 g/mol. The van der Waals surface area contributed by atoms with Gasteiger partial charge in [-0.15, -0.1) is 0 Å². The third-order valence-corrected chi connectivity index (χ3v) is 3.81. The number of nitrogens with two attached hydrogens (primary N) is 1. The summed E-state index contributed by atoms with van der Waals surface area (Å²) in [6.45, 7) is 10.4. The number of nitrogens with zero attached hydrogens (tertiary/aromatic N) is 2. The first-order chi connectivity index (χ1) is 9.00. The molecule has 0 spiro atoms. The Morgan fingerprint density at radius 2 is 1.79 bits per heavy atom. The minimum atomic E-state index is -0.00329. The van der Waals surface area contributed by atoms with E-state index in [1.54, 1.807) is 0 Å². The van der Waals surface area contributed by atoms with Crippen LogP contribution in [0.2, 0.25) is 0 Å². The summed E-state index contributed by atoms with van der Waals surface area (Å²) in [5.74, 6) is 0. The van der Waals surface area contributed by atoms with Crippen molar-refractivity contribution in [1.29, 1.82) is 0 Å². The monoisotopic (exact) mass is 269 g/mol. The highest BCUT2D eigenvalue weighted by molar-refractivity contribution is 5.74. The van der Waals surface area contributed by atoms with E-state index in [2.05, 4.69) is 20.8 Å². The molecule has 1 fully saturated rings. The lowest BCUT2D eigenvalue weighted by Crippen LogP contribution is -2.48. The van der Waals surface area contributed by atoms with Crippen molar-refractivity contribution >= 4 is 6.03 Å². The van der Waals surface area contributed by atoms with Crippen LogP contribution in [-0.2, 0) is 0 Å². The van der Waals surface area contributed by atoms with Crippen molar-refractivity contribution in [2.45, 2.75) is 52.9 Å². The van der Waals surface area contributed by atoms with Crippen LogP contribution in [0.3, 0.4) is 0 Å². The van der Waals surface area contributed by atoms with E-state index in [0.29, 0.717) is 6.54 Å². The van der Waals surface area contributed by atoms with E-state index >= 15 is 0 Å². The first-order valence-corrected chi connectivity index (χ1v) is 7.74. The number of amides is 2. The van der Waals surface area contributed by atoms with Crippen LogP contribution in [0.5, 0.6) is 0 Å². The fraction of sp³-hybridized carbons (Fsp3) is 0.933. The maximum absolute atomic E-state index is 12.6. The van der Waals surface area contributed by atoms with Gasteiger partial charge in [-0.3, -0.25) is 0 Å². The zero-order valence-corrected chi connectivity index (χ0v) is 13.0. The van der Waals surface area contributed by atoms with Crippen LogP contribution in [0, 0.1) is 5.41 Å². The molecule has 4 nitrogen and oxygen atoms in total. The lowest BCUT2D eigenvalue weighted by molar-refractivity contribution is 0.133. The SMILES string of the molecule is CCCN(CC(C)(C)CN)C(=O)N1CCCCCC1. The molecule has 1 aliphatic rings. The molecule has 19 heavy (non-hydrogen) atoms. The summed E-state index contributed by atoms with van der Waals surface area (Å²) >= 11 is 0. The van der Waals surface area contributed by atoms with Crippen LogP contribution < -0.4 is 5.73 Å². The first kappa shape index (κ1) is 16.3. The van der Waals surface area contributed by atoms with Crippen LogP contribution in [0.1, 0.15) is 52.9 Å². The van der Waals surface area contributed by atoms with E-state index < -0.39 is 0 Å². The molecule has 2 N–H and O–H groups in total. The van der Waals surface area contributed by atoms with Crippen molar-refractivity contribution in [2.24, 2.45) is 11.1 Å². The van der Waals surface area contributed by atoms with Gasteiger partial charge in [-0.05, 0) is 31.2 Å². The Morgan fingerprint density at radius 1 is 1.21 bits per heavy atom. The van der Waals surface area contributed by atoms with Gasteiger partial charge >= 0.3 is 6.03 Å². The van der Waals surface area contributed by atoms with E-state index in [9.17, 15) is 4.79 Å². The molecule has 1 aliphatic heterocycles. The van der Waals surface area contributed by atoms with Crippen LogP contribution >= 0.6 is 0 Å². The van der Waals surface area contributed by atoms with Crippen LogP contribution in [0.25, 0.3) is 0 Å². The predicted molar refractivity (Wildman–Crippen MR) is 80.1 cm³/mol. The smallest absolute Gasteiger partial charge is 0.320 e. The fourth-order valence-corrected chi connectivity index (χ4v) is 2.56. The summed E-state index contributed by atoms with van der Waals surface area (Å²) in [7, 11) is 0. The summed E-state index contributed by atoms with van der Waals surface area (Å²) in [6.07, 6.45) is 5.80. The number of carbonyl (C=O) groups excluding carboxylic acids is 1. The topological polar surface area (TPSA) is 49.6 Å². The Kier molecular flexibility index (Phi) is 6.63. The molecule has 0 saturated carbocycles. The van der Waals surface area contributed by atoms with Gasteiger partial charge in [0.1, 0.15) is 0 Å². The van der Waals surface area contributed by atoms with Crippen LogP contribution in [0.15, 0.2) is 0 Å². The fourth-order valence-electron chi connectivity index (χ4n) is 2.56. The molecule has 112 valence electrons. The molecule has 2 amide bonds. The van der Waals surface area contributed by atoms with Gasteiger partial charge in [-0.2, -0.15) is 0 Å². The van der Waals surface area contributed by atoms with Crippen molar-refractivity contribution in [3.05, 3.63) is 0 Å². The average Bonchev–Trinajstić information content (AvgIpc) is 2.66. The van der Waals surface area contributed by atoms with E-state index in [-0.39, 0.29) is 11.4 Å². The quantitative estimate of drug-likeness (QED) is 0.834. The minimum absolute atomic E-state index is 0.00329. The Morgan fingerprint density at radius 3 is 2.26 bits per heavy atom. The third-order valence-electron chi connectivity index (χ3n) is 3.81. The highest BCUT2D eigenvalue weighted by Crippen LogP contribution is 2.18. The number of urea groups is 1. The Hall–Kier alpha value is -0.770. The van der Waals surface area contributed by atoms with Gasteiger partial charge in [0.15, 0.2) is 0 Å². The summed E-state index contributed by atoms with van der Waals surface area (Å²) in [6, 6.07) is 0.213. The highest BCUT2D eigenvalue weighted by Gasteiger charge is 2.26. The predicted octanol–water partition coefficient (Wildman–Crippen LogP) is 2.68. The second-order valence-electron chi connectivity index (χ2n) is 6.47. The van der Waals surface area contributed by atoms with Gasteiger partial charge in [0.25, 0.3) is 0 Å². The lowest BCUT2D eigenvalue weighted by atomic mass is 9.93. The zero-order chi connectivity index (χ0) is 14.3. The van der Waals surface area contributed by atoms with Crippen molar-refractivity contribution in [2.75, 3.05) is 32.7 Å². The molecule has 1 rings (SSSR count). The molecular formula is C15H31N3O. The van der Waals surface area contributed by atoms with E-state index in [4.69, 9.17) is 5.73 Å². The molecule has 0 atom stereocenters. The maximum Gasteiger partial charge on any atom is 0.320 e. The number of likely N-dealkylation sites (tertiary alicyclic amines) is 1. The van der Waals surface area contributed by atoms with Crippen molar-refractivity contribution in [3.8, 4) is 0 Å². The third kappa shape index (κ3) is 5.39. The lowest BCUT2D eigenvalue weighted by Gasteiger charge is -2.35. The van der Waals surface area contributed by atoms with Gasteiger partial charge in [0.2, 0.25) is 0 Å². The van der Waals surface area contributed by atoms with E-state index in [0.717, 1.165) is 45.4 Å². The Labute approximate surface area is 118 Å². The summed E-state index contributed by atoms with van der Waals surface area (Å²) in [5.41, 5.74) is 5.80. The largest absolute Gasteiger partial charge is 0.330 e. The first-order valence-electron chi connectivity index (χ1n) is 7.74. The standard InChI is InChI=1S/C15H31N3O/c1-4-9-18(13-15(2,3)12-16)14(19)17-10-7-5-6-8-11-17/h4-13,16H2,1-3H3. The molecule has 0 bridgehead atoms. The summed E-state index contributed by atoms with van der Waals surface area (Å²) in [5, 5.41) is 0. The van der Waals surface area contributed by atoms with Gasteiger partial charge in [-0.25, -0.2) is 4.79 Å². The van der Waals surface area contributed by atoms with Crippen molar-refractivity contribution in [1.82, 2.24) is 9.80 Å². The van der Waals surface area contributed by atoms with Crippen LogP contribution in [-0.4, -0.2) is 48.6 Å². The molecule has 4 heteroatoms. The van der Waals surface area contributed by atoms with E-state index in [1.165, 1.54) is 12.8 Å². The number of carbonyl (C=O) groups is 1. The van der Waals surface area contributed by atoms with Gasteiger partial charge < -0.3 is 15.5 Å². The molecule has 0 radical (unpaired) electrons. The number of rotatable bonds is 5. The van der Waals surface area contributed by atoms with Gasteiger partial charge in [0, 0.05) is 26.2 Å². The molecule has 1 heterocycles. The molecule has 0 aromatic rings. The maximum atomic E-state index is 12.6. The molecule has 0 aromatic carbocycles. The molecular weight excluding hydrogens is 238 g/mol. The number of hydrogen-bond donors (Lipinski definition) is 1. The summed E-state index contributed by atoms with van der Waals surface area (Å²) < 4.78 is 0. The number of hydrogen-bond acceptors (Lipinski definition) is 2. The zero-order valence-electron chi connectivity index (χ0n) is 13.0. The normalized spacial score (nSPS) is 17.2. The molecule has 0 aromatic heterocycles. The van der Waals surface area contributed by atoms with Crippen LogP contribution in [0.4, 0.5) is 4.79 Å².